The van der Waals surface area contributed by atoms with Gasteiger partial charge in [-0.25, -0.2) is 9.78 Å². The van der Waals surface area contributed by atoms with E-state index in [0.717, 1.165) is 5.39 Å². The van der Waals surface area contributed by atoms with Crippen LogP contribution in [0.3, 0.4) is 0 Å². The van der Waals surface area contributed by atoms with Gasteiger partial charge in [0.1, 0.15) is 0 Å². The second kappa shape index (κ2) is 4.04. The third-order valence-corrected chi connectivity index (χ3v) is 2.00. The Morgan fingerprint density at radius 1 is 1.12 bits per heavy atom. The third kappa shape index (κ3) is 2.52. The number of fused-ring (bicyclic) bond motifs is 1. The minimum absolute atomic E-state index is 0.369. The van der Waals surface area contributed by atoms with Gasteiger partial charge >= 0.3 is 12.1 Å². The fourth-order valence-corrected chi connectivity index (χ4v) is 1.26. The van der Waals surface area contributed by atoms with E-state index in [4.69, 9.17) is 0 Å². The maximum atomic E-state index is 11.9. The molecule has 2 rings (SSSR count). The summed E-state index contributed by atoms with van der Waals surface area (Å²) < 4.78 is 40.0. The molecule has 0 unspecified atom stereocenters. The molecule has 0 atom stereocenters. The number of nitrogens with zero attached hydrogens (tertiary/aromatic N) is 1. The van der Waals surface area contributed by atoms with Gasteiger partial charge in [0.05, 0.1) is 5.52 Å². The summed E-state index contributed by atoms with van der Waals surface area (Å²) in [5.41, 5.74) is 0.458. The molecule has 1 aromatic heterocycles. The highest BCUT2D eigenvalue weighted by Crippen LogP contribution is 2.20. The van der Waals surface area contributed by atoms with Crippen LogP contribution in [0.1, 0.15) is 0 Å². The van der Waals surface area contributed by atoms with Crippen LogP contribution in [0.15, 0.2) is 36.4 Å². The molecule has 0 saturated carbocycles. The molecular formula is C11H6F3NO2. The molecule has 0 aliphatic carbocycles. The number of alkyl halides is 3. The Morgan fingerprint density at radius 2 is 1.82 bits per heavy atom. The van der Waals surface area contributed by atoms with Crippen molar-refractivity contribution in [3.63, 3.8) is 0 Å². The van der Waals surface area contributed by atoms with E-state index in [-0.39, 0.29) is 5.88 Å². The molecule has 0 aliphatic heterocycles. The number of carbonyl (C=O) groups is 1. The molecule has 2 aromatic rings. The van der Waals surface area contributed by atoms with Gasteiger partial charge in [0.2, 0.25) is 5.88 Å². The third-order valence-electron chi connectivity index (χ3n) is 2.00. The number of benzene rings is 1. The average molecular weight is 241 g/mol. The minimum atomic E-state index is -5.02. The zero-order valence-electron chi connectivity index (χ0n) is 8.36. The lowest BCUT2D eigenvalue weighted by Crippen LogP contribution is -2.28. The second-order valence-electron chi connectivity index (χ2n) is 3.23. The molecule has 0 radical (unpaired) electrons. The zero-order chi connectivity index (χ0) is 12.5. The van der Waals surface area contributed by atoms with Crippen LogP contribution in [-0.4, -0.2) is 17.1 Å². The van der Waals surface area contributed by atoms with Gasteiger partial charge in [-0.05, 0) is 12.1 Å². The lowest BCUT2D eigenvalue weighted by Gasteiger charge is -2.06. The van der Waals surface area contributed by atoms with E-state index in [9.17, 15) is 18.0 Å². The lowest BCUT2D eigenvalue weighted by molar-refractivity contribution is -0.189. The molecule has 17 heavy (non-hydrogen) atoms. The molecule has 0 amide bonds. The number of carbonyl (C=O) groups excluding carboxylic acids is 1. The highest BCUT2D eigenvalue weighted by atomic mass is 19.4. The van der Waals surface area contributed by atoms with Gasteiger partial charge in [-0.3, -0.25) is 0 Å². The van der Waals surface area contributed by atoms with Crippen LogP contribution in [0.4, 0.5) is 13.2 Å². The molecule has 1 heterocycles. The topological polar surface area (TPSA) is 39.2 Å². The number of rotatable bonds is 1. The van der Waals surface area contributed by atoms with Crippen molar-refractivity contribution >= 4 is 16.9 Å². The molecule has 0 N–H and O–H groups in total. The minimum Gasteiger partial charge on any atom is -0.401 e. The maximum Gasteiger partial charge on any atom is 0.491 e. The van der Waals surface area contributed by atoms with Crippen LogP contribution >= 0.6 is 0 Å². The number of ether oxygens (including phenoxy) is 1. The van der Waals surface area contributed by atoms with E-state index in [1.165, 1.54) is 12.1 Å². The Kier molecular flexibility index (Phi) is 2.71. The highest BCUT2D eigenvalue weighted by molar-refractivity contribution is 5.81. The van der Waals surface area contributed by atoms with Crippen molar-refractivity contribution in [2.24, 2.45) is 0 Å². The van der Waals surface area contributed by atoms with Crippen LogP contribution in [0.25, 0.3) is 10.9 Å². The monoisotopic (exact) mass is 241 g/mol. The average Bonchev–Trinajstić information content (AvgIpc) is 2.27. The van der Waals surface area contributed by atoms with Crippen molar-refractivity contribution in [1.29, 1.82) is 0 Å². The SMILES string of the molecule is O=C(Oc1ccc2ccccc2n1)C(F)(F)F. The van der Waals surface area contributed by atoms with Crippen LogP contribution in [0.5, 0.6) is 5.88 Å². The van der Waals surface area contributed by atoms with E-state index >= 15 is 0 Å². The maximum absolute atomic E-state index is 11.9. The van der Waals surface area contributed by atoms with Crippen molar-refractivity contribution in [1.82, 2.24) is 4.98 Å². The first-order valence-corrected chi connectivity index (χ1v) is 4.61. The number of para-hydroxylation sites is 1. The molecule has 88 valence electrons. The van der Waals surface area contributed by atoms with Gasteiger partial charge in [-0.2, -0.15) is 13.2 Å². The van der Waals surface area contributed by atoms with Crippen molar-refractivity contribution in [2.75, 3.05) is 0 Å². The molecule has 0 aliphatic rings. The van der Waals surface area contributed by atoms with Gasteiger partial charge in [0.15, 0.2) is 0 Å². The Hall–Kier alpha value is -2.11. The predicted molar refractivity (Wildman–Crippen MR) is 53.4 cm³/mol. The fraction of sp³-hybridized carbons (Fsp3) is 0.0909. The number of hydrogen-bond donors (Lipinski definition) is 0. The Balaban J connectivity index is 2.29. The largest absolute Gasteiger partial charge is 0.491 e. The number of esters is 1. The van der Waals surface area contributed by atoms with Crippen molar-refractivity contribution in [3.8, 4) is 5.88 Å². The summed E-state index contributed by atoms with van der Waals surface area (Å²) in [6.45, 7) is 0. The summed E-state index contributed by atoms with van der Waals surface area (Å²) in [5, 5.41) is 0.749. The smallest absolute Gasteiger partial charge is 0.401 e. The number of hydrogen-bond acceptors (Lipinski definition) is 3. The number of halogens is 3. The van der Waals surface area contributed by atoms with E-state index < -0.39 is 12.1 Å². The molecule has 3 nitrogen and oxygen atoms in total. The molecule has 6 heteroatoms. The van der Waals surface area contributed by atoms with Crippen molar-refractivity contribution in [3.05, 3.63) is 36.4 Å². The predicted octanol–water partition coefficient (Wildman–Crippen LogP) is 2.70. The lowest BCUT2D eigenvalue weighted by atomic mass is 10.2. The summed E-state index contributed by atoms with van der Waals surface area (Å²) >= 11 is 0. The molecule has 0 fully saturated rings. The first kappa shape index (κ1) is 11.4. The molecule has 0 bridgehead atoms. The normalized spacial score (nSPS) is 11.5. The quantitative estimate of drug-likeness (QED) is 0.720. The van der Waals surface area contributed by atoms with E-state index in [2.05, 4.69) is 9.72 Å². The molecule has 0 spiro atoms. The van der Waals surface area contributed by atoms with Gasteiger partial charge in [-0.15, -0.1) is 0 Å². The summed E-state index contributed by atoms with van der Waals surface area (Å²) in [5.74, 6) is -2.65. The second-order valence-corrected chi connectivity index (χ2v) is 3.23. The standard InChI is InChI=1S/C11H6F3NO2/c12-11(13,14)10(16)17-9-6-5-7-3-1-2-4-8(7)15-9/h1-6H. The Labute approximate surface area is 93.8 Å². The fourth-order valence-electron chi connectivity index (χ4n) is 1.26. The van der Waals surface area contributed by atoms with Gasteiger partial charge in [-0.1, -0.05) is 18.2 Å². The van der Waals surface area contributed by atoms with Gasteiger partial charge < -0.3 is 4.74 Å². The highest BCUT2D eigenvalue weighted by Gasteiger charge is 2.41. The summed E-state index contributed by atoms with van der Waals surface area (Å²) in [7, 11) is 0. The Bertz CT molecular complexity index is 566. The van der Waals surface area contributed by atoms with E-state index in [0.29, 0.717) is 5.52 Å². The van der Waals surface area contributed by atoms with Crippen LogP contribution in [-0.2, 0) is 4.79 Å². The number of pyridine rings is 1. The number of aromatic nitrogens is 1. The van der Waals surface area contributed by atoms with E-state index in [1.54, 1.807) is 24.3 Å². The van der Waals surface area contributed by atoms with Gasteiger partial charge in [0.25, 0.3) is 0 Å². The first-order valence-electron chi connectivity index (χ1n) is 4.61. The van der Waals surface area contributed by atoms with E-state index in [1.807, 2.05) is 0 Å². The first-order chi connectivity index (χ1) is 7.97. The molecule has 0 saturated heterocycles. The summed E-state index contributed by atoms with van der Waals surface area (Å²) in [6, 6.07) is 9.56. The van der Waals surface area contributed by atoms with Crippen molar-refractivity contribution < 1.29 is 22.7 Å². The summed E-state index contributed by atoms with van der Waals surface area (Å²) in [6.07, 6.45) is -5.02. The van der Waals surface area contributed by atoms with Gasteiger partial charge in [0, 0.05) is 11.5 Å². The van der Waals surface area contributed by atoms with Crippen LogP contribution in [0, 0.1) is 0 Å². The van der Waals surface area contributed by atoms with Crippen LogP contribution < -0.4 is 4.74 Å². The molecular weight excluding hydrogens is 235 g/mol. The van der Waals surface area contributed by atoms with Crippen LogP contribution in [0.2, 0.25) is 0 Å². The molecule has 1 aromatic carbocycles. The summed E-state index contributed by atoms with van der Waals surface area (Å²) in [4.78, 5) is 14.4. The zero-order valence-corrected chi connectivity index (χ0v) is 8.36. The Morgan fingerprint density at radius 3 is 2.53 bits per heavy atom. The van der Waals surface area contributed by atoms with Crippen molar-refractivity contribution in [2.45, 2.75) is 6.18 Å².